The normalized spacial score (nSPS) is 13.0. The molecule has 2 N–H and O–H groups in total. The summed E-state index contributed by atoms with van der Waals surface area (Å²) in [6.07, 6.45) is 1.91. The van der Waals surface area contributed by atoms with Crippen molar-refractivity contribution in [1.82, 2.24) is 10.1 Å². The Morgan fingerprint density at radius 3 is 2.32 bits per heavy atom. The third-order valence-electron chi connectivity index (χ3n) is 4.22. The van der Waals surface area contributed by atoms with Gasteiger partial charge in [-0.1, -0.05) is 55.8 Å². The van der Waals surface area contributed by atoms with Crippen molar-refractivity contribution in [2.45, 2.75) is 45.1 Å². The molecule has 0 aliphatic rings. The molecular formula is C21H27N3O3S. The second-order valence-electron chi connectivity index (χ2n) is 7.21. The average molecular weight is 402 g/mol. The lowest BCUT2D eigenvalue weighted by atomic mass is 10.0. The van der Waals surface area contributed by atoms with Crippen molar-refractivity contribution < 1.29 is 13.2 Å². The summed E-state index contributed by atoms with van der Waals surface area (Å²) in [5, 5.41) is 3.99. The van der Waals surface area contributed by atoms with Crippen molar-refractivity contribution in [2.75, 3.05) is 0 Å². The maximum absolute atomic E-state index is 12.7. The summed E-state index contributed by atoms with van der Waals surface area (Å²) in [7, 11) is -3.81. The number of carbonyl (C=O) groups is 1. The lowest BCUT2D eigenvalue weighted by Crippen LogP contribution is -2.46. The van der Waals surface area contributed by atoms with E-state index in [1.165, 1.54) is 12.1 Å². The van der Waals surface area contributed by atoms with Crippen LogP contribution < -0.4 is 10.1 Å². The molecule has 0 saturated heterocycles. The van der Waals surface area contributed by atoms with Crippen molar-refractivity contribution in [3.05, 3.63) is 65.2 Å². The number of hydrazone groups is 1. The van der Waals surface area contributed by atoms with Gasteiger partial charge in [-0.2, -0.15) is 9.82 Å². The zero-order valence-electron chi connectivity index (χ0n) is 16.6. The minimum absolute atomic E-state index is 0.122. The first-order chi connectivity index (χ1) is 13.2. The number of benzene rings is 2. The molecule has 0 saturated carbocycles. The smallest absolute Gasteiger partial charge is 0.258 e. The molecule has 0 aromatic heterocycles. The van der Waals surface area contributed by atoms with Gasteiger partial charge in [0.2, 0.25) is 10.0 Å². The van der Waals surface area contributed by atoms with Crippen molar-refractivity contribution in [1.29, 1.82) is 0 Å². The fourth-order valence-corrected chi connectivity index (χ4v) is 3.84. The summed E-state index contributed by atoms with van der Waals surface area (Å²) in [4.78, 5) is 12.7. The number of aryl methyl sites for hydroxylation is 2. The average Bonchev–Trinajstić information content (AvgIpc) is 2.62. The Balaban J connectivity index is 2.12. The van der Waals surface area contributed by atoms with Crippen molar-refractivity contribution >= 4 is 22.1 Å². The molecule has 0 aliphatic heterocycles. The maximum Gasteiger partial charge on any atom is 0.258 e. The highest BCUT2D eigenvalue weighted by molar-refractivity contribution is 7.89. The third-order valence-corrected chi connectivity index (χ3v) is 5.71. The minimum atomic E-state index is -3.81. The summed E-state index contributed by atoms with van der Waals surface area (Å²) >= 11 is 0. The first-order valence-corrected chi connectivity index (χ1v) is 10.6. The third kappa shape index (κ3) is 6.28. The van der Waals surface area contributed by atoms with Gasteiger partial charge in [0.05, 0.1) is 11.1 Å². The molecule has 0 aliphatic carbocycles. The van der Waals surface area contributed by atoms with E-state index in [-0.39, 0.29) is 10.8 Å². The Morgan fingerprint density at radius 2 is 1.71 bits per heavy atom. The Kier molecular flexibility index (Phi) is 7.48. The summed E-state index contributed by atoms with van der Waals surface area (Å²) in [5.74, 6) is -0.369. The second-order valence-corrected chi connectivity index (χ2v) is 8.92. The zero-order valence-corrected chi connectivity index (χ0v) is 17.5. The van der Waals surface area contributed by atoms with Crippen LogP contribution in [0.3, 0.4) is 0 Å². The van der Waals surface area contributed by atoms with Gasteiger partial charge in [-0.15, -0.1) is 0 Å². The largest absolute Gasteiger partial charge is 0.271 e. The van der Waals surface area contributed by atoms with E-state index in [1.54, 1.807) is 18.3 Å². The summed E-state index contributed by atoms with van der Waals surface area (Å²) < 4.78 is 27.8. The van der Waals surface area contributed by atoms with Gasteiger partial charge in [0.25, 0.3) is 5.91 Å². The fourth-order valence-electron chi connectivity index (χ4n) is 2.63. The standard InChI is InChI=1S/C21H27N3O3S/c1-15(2)13-20(24-28(26,27)19-11-9-16(3)10-12-19)21(25)23-22-14-18-8-6-5-7-17(18)4/h5-12,14-15,20,24H,13H2,1-4H3,(H,23,25)/b22-14-/t20-/m0/s1. The maximum atomic E-state index is 12.7. The Bertz CT molecular complexity index is 936. The molecule has 7 heteroatoms. The number of hydrogen-bond donors (Lipinski definition) is 2. The second kappa shape index (κ2) is 9.61. The summed E-state index contributed by atoms with van der Waals surface area (Å²) in [6.45, 7) is 7.68. The van der Waals surface area contributed by atoms with Crippen LogP contribution in [0, 0.1) is 19.8 Å². The quantitative estimate of drug-likeness (QED) is 0.526. The molecule has 28 heavy (non-hydrogen) atoms. The van der Waals surface area contributed by atoms with E-state index in [2.05, 4.69) is 15.2 Å². The molecule has 6 nitrogen and oxygen atoms in total. The summed E-state index contributed by atoms with van der Waals surface area (Å²) in [6, 6.07) is 13.2. The molecule has 0 fully saturated rings. The predicted octanol–water partition coefficient (Wildman–Crippen LogP) is 3.15. The van der Waals surface area contributed by atoms with E-state index >= 15 is 0 Å². The van der Waals surface area contributed by atoms with Gasteiger partial charge < -0.3 is 0 Å². The van der Waals surface area contributed by atoms with Crippen LogP contribution in [-0.4, -0.2) is 26.6 Å². The molecule has 2 aromatic rings. The van der Waals surface area contributed by atoms with Crippen LogP contribution in [0.1, 0.15) is 37.0 Å². The van der Waals surface area contributed by atoms with Crippen molar-refractivity contribution in [3.63, 3.8) is 0 Å². The van der Waals surface area contributed by atoms with Gasteiger partial charge in [0.15, 0.2) is 0 Å². The topological polar surface area (TPSA) is 87.6 Å². The molecule has 150 valence electrons. The van der Waals surface area contributed by atoms with Gasteiger partial charge in [0.1, 0.15) is 6.04 Å². The van der Waals surface area contributed by atoms with Crippen LogP contribution in [0.25, 0.3) is 0 Å². The van der Waals surface area contributed by atoms with Crippen LogP contribution in [0.15, 0.2) is 58.5 Å². The highest BCUT2D eigenvalue weighted by Crippen LogP contribution is 2.13. The molecule has 0 bridgehead atoms. The fraction of sp³-hybridized carbons (Fsp3) is 0.333. The highest BCUT2D eigenvalue weighted by Gasteiger charge is 2.26. The Hall–Kier alpha value is -2.51. The van der Waals surface area contributed by atoms with Crippen molar-refractivity contribution in [2.24, 2.45) is 11.0 Å². The molecule has 1 amide bonds. The first kappa shape index (κ1) is 21.8. The van der Waals surface area contributed by atoms with E-state index in [0.717, 1.165) is 16.7 Å². The lowest BCUT2D eigenvalue weighted by molar-refractivity contribution is -0.123. The Labute approximate surface area is 167 Å². The highest BCUT2D eigenvalue weighted by atomic mass is 32.2. The van der Waals surface area contributed by atoms with E-state index in [9.17, 15) is 13.2 Å². The van der Waals surface area contributed by atoms with Gasteiger partial charge in [0, 0.05) is 0 Å². The number of rotatable bonds is 8. The monoisotopic (exact) mass is 401 g/mol. The van der Waals surface area contributed by atoms with Crippen LogP contribution in [0.4, 0.5) is 0 Å². The molecule has 0 spiro atoms. The van der Waals surface area contributed by atoms with Crippen LogP contribution >= 0.6 is 0 Å². The molecule has 2 aromatic carbocycles. The SMILES string of the molecule is Cc1ccc(S(=O)(=O)N[C@@H](CC(C)C)C(=O)N/N=C\c2ccccc2C)cc1. The minimum Gasteiger partial charge on any atom is -0.271 e. The molecule has 1 atom stereocenters. The molecular weight excluding hydrogens is 374 g/mol. The predicted molar refractivity (Wildman–Crippen MR) is 112 cm³/mol. The van der Waals surface area contributed by atoms with E-state index in [4.69, 9.17) is 0 Å². The number of nitrogens with one attached hydrogen (secondary N) is 2. The van der Waals surface area contributed by atoms with E-state index in [1.807, 2.05) is 52.0 Å². The van der Waals surface area contributed by atoms with E-state index in [0.29, 0.717) is 6.42 Å². The lowest BCUT2D eigenvalue weighted by Gasteiger charge is -2.19. The Morgan fingerprint density at radius 1 is 1.07 bits per heavy atom. The first-order valence-electron chi connectivity index (χ1n) is 9.16. The van der Waals surface area contributed by atoms with Crippen molar-refractivity contribution in [3.8, 4) is 0 Å². The molecule has 0 radical (unpaired) electrons. The van der Waals surface area contributed by atoms with Gasteiger partial charge in [-0.25, -0.2) is 13.8 Å². The van der Waals surface area contributed by atoms with Crippen LogP contribution in [0.5, 0.6) is 0 Å². The number of hydrogen-bond acceptors (Lipinski definition) is 4. The van der Waals surface area contributed by atoms with Gasteiger partial charge in [-0.05, 0) is 49.4 Å². The summed E-state index contributed by atoms with van der Waals surface area (Å²) in [5.41, 5.74) is 5.32. The number of amides is 1. The number of nitrogens with zero attached hydrogens (tertiary/aromatic N) is 1. The number of sulfonamides is 1. The molecule has 0 heterocycles. The van der Waals surface area contributed by atoms with Gasteiger partial charge >= 0.3 is 0 Å². The van der Waals surface area contributed by atoms with Crippen LogP contribution in [0.2, 0.25) is 0 Å². The van der Waals surface area contributed by atoms with Crippen LogP contribution in [-0.2, 0) is 14.8 Å². The van der Waals surface area contributed by atoms with E-state index < -0.39 is 22.0 Å². The molecule has 2 rings (SSSR count). The number of carbonyl (C=O) groups excluding carboxylic acids is 1. The van der Waals surface area contributed by atoms with Gasteiger partial charge in [-0.3, -0.25) is 4.79 Å². The molecule has 0 unspecified atom stereocenters. The zero-order chi connectivity index (χ0) is 20.7.